The van der Waals surface area contributed by atoms with E-state index in [-0.39, 0.29) is 30.2 Å². The van der Waals surface area contributed by atoms with Gasteiger partial charge in [-0.2, -0.15) is 0 Å². The molecule has 2 aliphatic heterocycles. The summed E-state index contributed by atoms with van der Waals surface area (Å²) in [6.45, 7) is 3.28. The number of esters is 1. The summed E-state index contributed by atoms with van der Waals surface area (Å²) in [6, 6.07) is 11.9. The fraction of sp³-hybridized carbons (Fsp3) is 0.261. The quantitative estimate of drug-likeness (QED) is 0.187. The van der Waals surface area contributed by atoms with Crippen molar-refractivity contribution in [1.82, 2.24) is 10.2 Å². The van der Waals surface area contributed by atoms with E-state index in [1.54, 1.807) is 30.3 Å². The molecule has 0 radical (unpaired) electrons. The normalized spacial score (nSPS) is 23.0. The number of rotatable bonds is 8. The first-order valence-electron chi connectivity index (χ1n) is 10.5. The van der Waals surface area contributed by atoms with Crippen LogP contribution in [0.25, 0.3) is 0 Å². The number of nitrogens with one attached hydrogen (secondary N) is 1. The maximum atomic E-state index is 12.8. The number of para-hydroxylation sites is 1. The molecule has 35 heavy (non-hydrogen) atoms. The molecule has 0 aromatic heterocycles. The summed E-state index contributed by atoms with van der Waals surface area (Å²) in [5.74, 6) is -1.45. The van der Waals surface area contributed by atoms with Crippen molar-refractivity contribution >= 4 is 34.3 Å². The summed E-state index contributed by atoms with van der Waals surface area (Å²) in [6.07, 6.45) is 0. The number of amides is 2. The number of nitro groups is 1. The van der Waals surface area contributed by atoms with Gasteiger partial charge < -0.3 is 19.7 Å². The molecule has 4 atom stereocenters. The minimum atomic E-state index is -1.57. The Morgan fingerprint density at radius 1 is 1.17 bits per heavy atom. The van der Waals surface area contributed by atoms with Gasteiger partial charge in [0, 0.05) is 17.9 Å². The van der Waals surface area contributed by atoms with Gasteiger partial charge in [0.2, 0.25) is 5.91 Å². The Hall–Kier alpha value is -4.06. The minimum absolute atomic E-state index is 0.0291. The highest BCUT2D eigenvalue weighted by molar-refractivity contribution is 7.86. The van der Waals surface area contributed by atoms with E-state index in [1.165, 1.54) is 24.3 Å². The molecule has 2 amide bonds. The molecule has 11 nitrogen and oxygen atoms in total. The number of carbonyl (C=O) groups is 3. The van der Waals surface area contributed by atoms with E-state index in [2.05, 4.69) is 11.9 Å². The average molecular weight is 500 g/mol. The standard InChI is InChI=1S/C23H21N3O8S/c1-14-13-35(32)22-19(24-18(27)12-33-17-5-3-2-4-6-17)21(28)25(22)20(14)23(29)34-11-15-7-9-16(10-8-15)26(30)31/h2-10,19-20,22H,1,11-13H2,(H,24,27)/t19-,20-,22+,35-/m1/s1. The number of hydrogen-bond donors (Lipinski definition) is 1. The van der Waals surface area contributed by atoms with Crippen molar-refractivity contribution in [3.63, 3.8) is 0 Å². The largest absolute Gasteiger partial charge is 0.484 e. The van der Waals surface area contributed by atoms with Crippen molar-refractivity contribution in [2.24, 2.45) is 0 Å². The molecule has 0 unspecified atom stereocenters. The van der Waals surface area contributed by atoms with Crippen molar-refractivity contribution in [1.29, 1.82) is 0 Å². The summed E-state index contributed by atoms with van der Waals surface area (Å²) >= 11 is 0. The lowest BCUT2D eigenvalue weighted by atomic mass is 9.98. The third kappa shape index (κ3) is 5.06. The molecule has 182 valence electrons. The molecule has 2 aliphatic rings. The van der Waals surface area contributed by atoms with Crippen LogP contribution >= 0.6 is 0 Å². The zero-order valence-electron chi connectivity index (χ0n) is 18.3. The molecule has 2 saturated heterocycles. The summed E-state index contributed by atoms with van der Waals surface area (Å²) in [5.41, 5.74) is 0.683. The predicted molar refractivity (Wildman–Crippen MR) is 123 cm³/mol. The SMILES string of the molecule is C=C1C[S@@](=O)[C@H]2[C@H](NC(=O)COc3ccccc3)C(=O)N2[C@H]1C(=O)OCc1ccc([N+](=O)[O-])cc1. The minimum Gasteiger partial charge on any atom is -0.484 e. The van der Waals surface area contributed by atoms with Crippen LogP contribution in [-0.4, -0.2) is 61.6 Å². The molecule has 2 aromatic rings. The van der Waals surface area contributed by atoms with Crippen molar-refractivity contribution in [2.45, 2.75) is 24.1 Å². The first-order valence-corrected chi connectivity index (χ1v) is 11.9. The van der Waals surface area contributed by atoms with Gasteiger partial charge in [-0.3, -0.25) is 23.9 Å². The fourth-order valence-corrected chi connectivity index (χ4v) is 5.49. The molecule has 1 N–H and O–H groups in total. The molecule has 0 spiro atoms. The van der Waals surface area contributed by atoms with Crippen LogP contribution < -0.4 is 10.1 Å². The number of non-ortho nitro benzene ring substituents is 1. The third-order valence-corrected chi connectivity index (χ3v) is 7.22. The van der Waals surface area contributed by atoms with Crippen LogP contribution in [0.2, 0.25) is 0 Å². The molecule has 0 saturated carbocycles. The number of fused-ring (bicyclic) bond motifs is 1. The number of ether oxygens (including phenoxy) is 2. The molecule has 2 aromatic carbocycles. The summed E-state index contributed by atoms with van der Waals surface area (Å²) in [5, 5.41) is 12.4. The van der Waals surface area contributed by atoms with Gasteiger partial charge in [-0.25, -0.2) is 4.79 Å². The lowest BCUT2D eigenvalue weighted by Crippen LogP contribution is -2.77. The second-order valence-corrected chi connectivity index (χ2v) is 9.43. The van der Waals surface area contributed by atoms with Crippen molar-refractivity contribution < 1.29 is 33.0 Å². The molecule has 0 bridgehead atoms. The van der Waals surface area contributed by atoms with Crippen LogP contribution in [-0.2, 0) is 36.5 Å². The molecule has 2 fully saturated rings. The molecular formula is C23H21N3O8S. The van der Waals surface area contributed by atoms with Gasteiger partial charge in [-0.05, 0) is 35.4 Å². The van der Waals surface area contributed by atoms with Gasteiger partial charge >= 0.3 is 5.97 Å². The predicted octanol–water partition coefficient (Wildman–Crippen LogP) is 1.06. The summed E-state index contributed by atoms with van der Waals surface area (Å²) in [7, 11) is -1.57. The topological polar surface area (TPSA) is 145 Å². The third-order valence-electron chi connectivity index (χ3n) is 5.52. The molecule has 12 heteroatoms. The zero-order valence-corrected chi connectivity index (χ0v) is 19.1. The first kappa shape index (κ1) is 24.1. The van der Waals surface area contributed by atoms with E-state index in [1.807, 2.05) is 0 Å². The smallest absolute Gasteiger partial charge is 0.333 e. The summed E-state index contributed by atoms with van der Waals surface area (Å²) < 4.78 is 23.4. The van der Waals surface area contributed by atoms with Gasteiger partial charge in [0.25, 0.3) is 11.6 Å². The Balaban J connectivity index is 1.36. The van der Waals surface area contributed by atoms with Crippen LogP contribution in [0.15, 0.2) is 66.7 Å². The molecular weight excluding hydrogens is 478 g/mol. The number of carbonyl (C=O) groups excluding carboxylic acids is 3. The van der Waals surface area contributed by atoms with E-state index >= 15 is 0 Å². The number of hydrogen-bond acceptors (Lipinski definition) is 8. The van der Waals surface area contributed by atoms with E-state index in [9.17, 15) is 28.7 Å². The lowest BCUT2D eigenvalue weighted by molar-refractivity contribution is -0.384. The van der Waals surface area contributed by atoms with E-state index < -0.39 is 51.0 Å². The van der Waals surface area contributed by atoms with E-state index in [0.717, 1.165) is 4.90 Å². The fourth-order valence-electron chi connectivity index (χ4n) is 3.82. The number of nitrogens with zero attached hydrogens (tertiary/aromatic N) is 2. The number of benzene rings is 2. The number of nitro benzene ring substituents is 1. The van der Waals surface area contributed by atoms with Gasteiger partial charge in [0.15, 0.2) is 12.6 Å². The highest BCUT2D eigenvalue weighted by Crippen LogP contribution is 2.34. The van der Waals surface area contributed by atoms with Crippen LogP contribution in [0, 0.1) is 10.1 Å². The second-order valence-electron chi connectivity index (χ2n) is 7.90. The molecule has 4 rings (SSSR count). The molecule has 0 aliphatic carbocycles. The van der Waals surface area contributed by atoms with Gasteiger partial charge in [-0.1, -0.05) is 24.8 Å². The van der Waals surface area contributed by atoms with Crippen LogP contribution in [0.4, 0.5) is 5.69 Å². The Morgan fingerprint density at radius 2 is 1.86 bits per heavy atom. The van der Waals surface area contributed by atoms with Crippen LogP contribution in [0.5, 0.6) is 5.75 Å². The monoisotopic (exact) mass is 499 g/mol. The van der Waals surface area contributed by atoms with Crippen molar-refractivity contribution in [3.05, 3.63) is 82.4 Å². The number of β-lactam (4-membered cyclic amide) rings is 1. The van der Waals surface area contributed by atoms with Gasteiger partial charge in [-0.15, -0.1) is 0 Å². The zero-order chi connectivity index (χ0) is 25.1. The maximum Gasteiger partial charge on any atom is 0.333 e. The van der Waals surface area contributed by atoms with E-state index in [0.29, 0.717) is 11.3 Å². The van der Waals surface area contributed by atoms with E-state index in [4.69, 9.17) is 9.47 Å². The van der Waals surface area contributed by atoms with Crippen LogP contribution in [0.3, 0.4) is 0 Å². The average Bonchev–Trinajstić information content (AvgIpc) is 2.85. The Kier molecular flexibility index (Phi) is 6.92. The Bertz CT molecular complexity index is 1200. The summed E-state index contributed by atoms with van der Waals surface area (Å²) in [4.78, 5) is 49.2. The lowest BCUT2D eigenvalue weighted by Gasteiger charge is -2.52. The molecule has 2 heterocycles. The second kappa shape index (κ2) is 10.1. The first-order chi connectivity index (χ1) is 16.8. The van der Waals surface area contributed by atoms with Gasteiger partial charge in [0.1, 0.15) is 23.8 Å². The highest BCUT2D eigenvalue weighted by Gasteiger charge is 2.59. The Morgan fingerprint density at radius 3 is 2.51 bits per heavy atom. The van der Waals surface area contributed by atoms with Gasteiger partial charge in [0.05, 0.1) is 15.7 Å². The highest BCUT2D eigenvalue weighted by atomic mass is 32.2. The maximum absolute atomic E-state index is 12.8. The van der Waals surface area contributed by atoms with Crippen molar-refractivity contribution in [3.8, 4) is 5.75 Å². The van der Waals surface area contributed by atoms with Crippen molar-refractivity contribution in [2.75, 3.05) is 12.4 Å². The van der Waals surface area contributed by atoms with Crippen LogP contribution in [0.1, 0.15) is 5.56 Å². The Labute approximate surface area is 202 Å².